The molecule has 326 valence electrons. The zero-order valence-corrected chi connectivity index (χ0v) is 35.4. The minimum Gasteiger partial charge on any atom is -0.462 e. The van der Waals surface area contributed by atoms with E-state index in [2.05, 4.69) is 13.8 Å². The molecule has 0 spiro atoms. The third-order valence-electron chi connectivity index (χ3n) is 10.4. The zero-order valence-electron chi connectivity index (χ0n) is 34.6. The fourth-order valence-electron chi connectivity index (χ4n) is 6.97. The molecule has 1 aliphatic heterocycles. The van der Waals surface area contributed by atoms with Gasteiger partial charge in [0.25, 0.3) is 10.1 Å². The Morgan fingerprint density at radius 3 is 1.33 bits per heavy atom. The van der Waals surface area contributed by atoms with Crippen molar-refractivity contribution in [3.05, 3.63) is 0 Å². The number of hydrogen-bond acceptors (Lipinski definition) is 11. The standard InChI is InChI=1S/C42H80O12S/c1-3-5-7-9-11-13-15-16-17-18-19-21-23-25-27-29-31-38(44)53-35(32-51-37(43)30-28-26-24-22-20-14-12-10-8-6-4-2)33-52-42-41(47)40(46)39(45)36(54-42)34-55(48,49)50/h35-36,39-42,45-47H,3-34H2,1-2H3,(H,48,49,50)/t35-,36-,39-,40?,41?,42+/m1/s1. The van der Waals surface area contributed by atoms with E-state index < -0.39 is 71.2 Å². The summed E-state index contributed by atoms with van der Waals surface area (Å²) in [6, 6.07) is 0. The number of esters is 2. The van der Waals surface area contributed by atoms with Gasteiger partial charge in [-0.3, -0.25) is 14.1 Å². The molecule has 1 fully saturated rings. The van der Waals surface area contributed by atoms with Crippen LogP contribution in [0.15, 0.2) is 0 Å². The molecule has 55 heavy (non-hydrogen) atoms. The summed E-state index contributed by atoms with van der Waals surface area (Å²) in [5, 5.41) is 30.8. The van der Waals surface area contributed by atoms with Gasteiger partial charge < -0.3 is 34.3 Å². The van der Waals surface area contributed by atoms with Gasteiger partial charge in [-0.15, -0.1) is 0 Å². The Kier molecular flexibility index (Phi) is 31.6. The van der Waals surface area contributed by atoms with E-state index >= 15 is 0 Å². The second-order valence-electron chi connectivity index (χ2n) is 15.7. The number of carbonyl (C=O) groups excluding carboxylic acids is 2. The second kappa shape index (κ2) is 33.6. The summed E-state index contributed by atoms with van der Waals surface area (Å²) in [6.45, 7) is 3.76. The van der Waals surface area contributed by atoms with E-state index in [9.17, 15) is 37.9 Å². The molecule has 0 aromatic carbocycles. The van der Waals surface area contributed by atoms with E-state index in [0.717, 1.165) is 38.5 Å². The van der Waals surface area contributed by atoms with E-state index in [1.807, 2.05) is 0 Å². The highest BCUT2D eigenvalue weighted by Gasteiger charge is 2.46. The number of aliphatic hydroxyl groups is 3. The van der Waals surface area contributed by atoms with Crippen LogP contribution in [-0.2, 0) is 38.7 Å². The van der Waals surface area contributed by atoms with E-state index in [4.69, 9.17) is 18.9 Å². The molecule has 1 saturated heterocycles. The SMILES string of the molecule is CCCCCCCCCCCCCCCCCCC(=O)O[C@H](COC(=O)CCCCCCCCCCCCC)CO[C@H]1O[C@H](CS(=O)(=O)O)[C@@H](O)C(O)C1O. The summed E-state index contributed by atoms with van der Waals surface area (Å²) in [6.07, 6.45) is 22.9. The Bertz CT molecular complexity index is 1040. The van der Waals surface area contributed by atoms with Gasteiger partial charge in [0.2, 0.25) is 0 Å². The molecule has 1 heterocycles. The maximum absolute atomic E-state index is 12.8. The predicted octanol–water partition coefficient (Wildman–Crippen LogP) is 8.51. The fraction of sp³-hybridized carbons (Fsp3) is 0.952. The fourth-order valence-corrected chi connectivity index (χ4v) is 7.66. The summed E-state index contributed by atoms with van der Waals surface area (Å²) in [7, 11) is -4.59. The number of aliphatic hydroxyl groups excluding tert-OH is 3. The largest absolute Gasteiger partial charge is 0.462 e. The lowest BCUT2D eigenvalue weighted by Gasteiger charge is -2.40. The molecule has 13 heteroatoms. The summed E-state index contributed by atoms with van der Waals surface area (Å²) >= 11 is 0. The Morgan fingerprint density at radius 1 is 0.545 bits per heavy atom. The molecule has 12 nitrogen and oxygen atoms in total. The third-order valence-corrected chi connectivity index (χ3v) is 11.2. The van der Waals surface area contributed by atoms with Crippen molar-refractivity contribution in [2.24, 2.45) is 0 Å². The van der Waals surface area contributed by atoms with E-state index in [0.29, 0.717) is 12.8 Å². The van der Waals surface area contributed by atoms with Gasteiger partial charge in [0.05, 0.1) is 6.61 Å². The molecule has 0 aliphatic carbocycles. The predicted molar refractivity (Wildman–Crippen MR) is 215 cm³/mol. The minimum absolute atomic E-state index is 0.172. The van der Waals surface area contributed by atoms with Crippen LogP contribution in [0.4, 0.5) is 0 Å². The van der Waals surface area contributed by atoms with Crippen molar-refractivity contribution in [3.8, 4) is 0 Å². The zero-order chi connectivity index (χ0) is 40.6. The Labute approximate surface area is 333 Å². The maximum Gasteiger partial charge on any atom is 0.306 e. The first-order chi connectivity index (χ1) is 26.5. The molecule has 0 aromatic rings. The van der Waals surface area contributed by atoms with Gasteiger partial charge in [-0.2, -0.15) is 8.42 Å². The van der Waals surface area contributed by atoms with Gasteiger partial charge in [-0.05, 0) is 12.8 Å². The van der Waals surface area contributed by atoms with E-state index in [1.54, 1.807) is 0 Å². The van der Waals surface area contributed by atoms with Gasteiger partial charge in [-0.1, -0.05) is 174 Å². The molecule has 0 radical (unpaired) electrons. The van der Waals surface area contributed by atoms with Crippen LogP contribution < -0.4 is 0 Å². The number of rotatable bonds is 37. The van der Waals surface area contributed by atoms with Crippen molar-refractivity contribution in [1.29, 1.82) is 0 Å². The van der Waals surface area contributed by atoms with Crippen molar-refractivity contribution in [2.45, 2.75) is 237 Å². The summed E-state index contributed by atoms with van der Waals surface area (Å²) in [5.74, 6) is -1.97. The molecule has 1 aliphatic rings. The summed E-state index contributed by atoms with van der Waals surface area (Å²) < 4.78 is 54.0. The van der Waals surface area contributed by atoms with Crippen molar-refractivity contribution in [3.63, 3.8) is 0 Å². The van der Waals surface area contributed by atoms with Crippen molar-refractivity contribution >= 4 is 22.1 Å². The maximum atomic E-state index is 12.8. The van der Waals surface area contributed by atoms with Crippen LogP contribution in [0.3, 0.4) is 0 Å². The topological polar surface area (TPSA) is 186 Å². The molecule has 4 N–H and O–H groups in total. The van der Waals surface area contributed by atoms with Crippen LogP contribution in [0.2, 0.25) is 0 Å². The van der Waals surface area contributed by atoms with Crippen LogP contribution in [0, 0.1) is 0 Å². The Morgan fingerprint density at radius 2 is 0.927 bits per heavy atom. The quantitative estimate of drug-likeness (QED) is 0.0267. The highest BCUT2D eigenvalue weighted by atomic mass is 32.2. The average Bonchev–Trinajstić information content (AvgIpc) is 3.14. The van der Waals surface area contributed by atoms with Gasteiger partial charge >= 0.3 is 11.9 Å². The number of ether oxygens (including phenoxy) is 4. The molecule has 6 atom stereocenters. The summed E-state index contributed by atoms with van der Waals surface area (Å²) in [5.41, 5.74) is 0. The molecule has 0 amide bonds. The molecule has 1 rings (SSSR count). The monoisotopic (exact) mass is 809 g/mol. The van der Waals surface area contributed by atoms with E-state index in [1.165, 1.54) is 122 Å². The molecule has 0 bridgehead atoms. The molecular weight excluding hydrogens is 729 g/mol. The normalized spacial score (nSPS) is 20.7. The van der Waals surface area contributed by atoms with Crippen LogP contribution in [-0.4, -0.2) is 96.0 Å². The van der Waals surface area contributed by atoms with Crippen molar-refractivity contribution in [1.82, 2.24) is 0 Å². The van der Waals surface area contributed by atoms with Crippen LogP contribution in [0.25, 0.3) is 0 Å². The van der Waals surface area contributed by atoms with Gasteiger partial charge in [0, 0.05) is 12.8 Å². The van der Waals surface area contributed by atoms with Crippen LogP contribution in [0.1, 0.15) is 200 Å². The van der Waals surface area contributed by atoms with Gasteiger partial charge in [0.15, 0.2) is 12.4 Å². The minimum atomic E-state index is -4.59. The van der Waals surface area contributed by atoms with Crippen molar-refractivity contribution < 1.29 is 56.8 Å². The lowest BCUT2D eigenvalue weighted by Crippen LogP contribution is -2.60. The number of unbranched alkanes of at least 4 members (excludes halogenated alkanes) is 25. The lowest BCUT2D eigenvalue weighted by molar-refractivity contribution is -0.297. The smallest absolute Gasteiger partial charge is 0.306 e. The Hall–Kier alpha value is -1.35. The second-order valence-corrected chi connectivity index (χ2v) is 17.2. The average molecular weight is 809 g/mol. The third kappa shape index (κ3) is 28.7. The Balaban J connectivity index is 2.44. The first-order valence-electron chi connectivity index (χ1n) is 22.1. The lowest BCUT2D eigenvalue weighted by atomic mass is 10.00. The first-order valence-corrected chi connectivity index (χ1v) is 23.7. The number of hydrogen-bond donors (Lipinski definition) is 4. The first kappa shape index (κ1) is 51.7. The van der Waals surface area contributed by atoms with E-state index in [-0.39, 0.29) is 19.4 Å². The van der Waals surface area contributed by atoms with Gasteiger partial charge in [-0.25, -0.2) is 0 Å². The highest BCUT2D eigenvalue weighted by Crippen LogP contribution is 2.24. The molecular formula is C42H80O12S. The highest BCUT2D eigenvalue weighted by molar-refractivity contribution is 7.85. The molecule has 0 aromatic heterocycles. The number of carbonyl (C=O) groups is 2. The molecule has 2 unspecified atom stereocenters. The van der Waals surface area contributed by atoms with Crippen LogP contribution in [0.5, 0.6) is 0 Å². The van der Waals surface area contributed by atoms with Crippen molar-refractivity contribution in [2.75, 3.05) is 19.0 Å². The summed E-state index contributed by atoms with van der Waals surface area (Å²) in [4.78, 5) is 25.3. The van der Waals surface area contributed by atoms with Crippen LogP contribution >= 0.6 is 0 Å². The van der Waals surface area contributed by atoms with Gasteiger partial charge in [0.1, 0.15) is 36.8 Å². The molecule has 0 saturated carbocycles.